The van der Waals surface area contributed by atoms with Crippen molar-refractivity contribution < 1.29 is 32.6 Å². The van der Waals surface area contributed by atoms with Crippen LogP contribution in [0.2, 0.25) is 0 Å². The van der Waals surface area contributed by atoms with E-state index in [-0.39, 0.29) is 11.3 Å². The molecule has 1 amide bonds. The predicted octanol–water partition coefficient (Wildman–Crippen LogP) is 2.32. The number of carboxylic acids is 1. The lowest BCUT2D eigenvalue weighted by molar-refractivity contribution is -0.153. The fourth-order valence-electron chi connectivity index (χ4n) is 2.29. The highest BCUT2D eigenvalue weighted by atomic mass is 19.4. The molecule has 8 heteroatoms. The number of hydrogen-bond donors (Lipinski definition) is 1. The maximum Gasteiger partial charge on any atom is 0.422 e. The van der Waals surface area contributed by atoms with Gasteiger partial charge in [-0.1, -0.05) is 0 Å². The molecule has 5 nitrogen and oxygen atoms in total. The number of amides is 1. The van der Waals surface area contributed by atoms with Crippen LogP contribution < -0.4 is 4.74 Å². The molecule has 2 rings (SSSR count). The highest BCUT2D eigenvalue weighted by molar-refractivity contribution is 5.97. The Morgan fingerprint density at radius 2 is 1.91 bits per heavy atom. The molecule has 22 heavy (non-hydrogen) atoms. The minimum Gasteiger partial charge on any atom is -0.484 e. The molecule has 1 aromatic rings. The Balaban J connectivity index is 2.03. The van der Waals surface area contributed by atoms with E-state index in [1.165, 1.54) is 29.2 Å². The molecule has 0 unspecified atom stereocenters. The second-order valence-electron chi connectivity index (χ2n) is 4.92. The second-order valence-corrected chi connectivity index (χ2v) is 4.92. The second kappa shape index (κ2) is 6.25. The fourth-order valence-corrected chi connectivity index (χ4v) is 2.29. The zero-order chi connectivity index (χ0) is 16.3. The number of aliphatic carboxylic acids is 1. The van der Waals surface area contributed by atoms with Crippen LogP contribution in [-0.4, -0.2) is 47.3 Å². The summed E-state index contributed by atoms with van der Waals surface area (Å²) in [6, 6.07) is 4.31. The summed E-state index contributed by atoms with van der Waals surface area (Å²) in [6.45, 7) is -1.06. The van der Waals surface area contributed by atoms with Crippen molar-refractivity contribution in [2.75, 3.05) is 13.2 Å². The highest BCUT2D eigenvalue weighted by Gasteiger charge is 2.34. The van der Waals surface area contributed by atoms with Crippen LogP contribution in [0.3, 0.4) is 0 Å². The molecule has 120 valence electrons. The number of nitrogens with zero attached hydrogens (tertiary/aromatic N) is 1. The minimum absolute atomic E-state index is 0.00918. The van der Waals surface area contributed by atoms with E-state index < -0.39 is 30.7 Å². The number of hydrogen-bond acceptors (Lipinski definition) is 3. The number of alkyl halides is 3. The summed E-state index contributed by atoms with van der Waals surface area (Å²) >= 11 is 0. The zero-order valence-electron chi connectivity index (χ0n) is 11.5. The van der Waals surface area contributed by atoms with Gasteiger partial charge in [0.2, 0.25) is 0 Å². The van der Waals surface area contributed by atoms with E-state index in [1.54, 1.807) is 0 Å². The molecule has 0 saturated carbocycles. The van der Waals surface area contributed by atoms with Crippen LogP contribution in [0.1, 0.15) is 23.2 Å². The summed E-state index contributed by atoms with van der Waals surface area (Å²) in [5, 5.41) is 9.05. The van der Waals surface area contributed by atoms with Crippen LogP contribution in [-0.2, 0) is 4.79 Å². The average Bonchev–Trinajstić information content (AvgIpc) is 2.94. The maximum absolute atomic E-state index is 12.2. The van der Waals surface area contributed by atoms with Crippen molar-refractivity contribution in [3.05, 3.63) is 29.8 Å². The number of rotatable bonds is 4. The van der Waals surface area contributed by atoms with Gasteiger partial charge in [0.15, 0.2) is 6.61 Å². The topological polar surface area (TPSA) is 66.8 Å². The Bertz CT molecular complexity index is 556. The first-order valence-electron chi connectivity index (χ1n) is 6.61. The molecule has 0 spiro atoms. The number of carboxylic acid groups (broad SMARTS) is 1. The van der Waals surface area contributed by atoms with Gasteiger partial charge in [-0.25, -0.2) is 4.79 Å². The van der Waals surface area contributed by atoms with Gasteiger partial charge in [-0.2, -0.15) is 13.2 Å². The summed E-state index contributed by atoms with van der Waals surface area (Å²) in [6.07, 6.45) is -3.43. The van der Waals surface area contributed by atoms with Gasteiger partial charge in [0.25, 0.3) is 5.91 Å². The van der Waals surface area contributed by atoms with Gasteiger partial charge in [-0.3, -0.25) is 4.79 Å². The van der Waals surface area contributed by atoms with Crippen molar-refractivity contribution in [1.29, 1.82) is 0 Å². The summed E-state index contributed by atoms with van der Waals surface area (Å²) < 4.78 is 40.6. The number of ether oxygens (including phenoxy) is 1. The molecule has 1 saturated heterocycles. The van der Waals surface area contributed by atoms with Crippen molar-refractivity contribution in [2.24, 2.45) is 0 Å². The number of likely N-dealkylation sites (tertiary alicyclic amines) is 1. The average molecular weight is 317 g/mol. The lowest BCUT2D eigenvalue weighted by Crippen LogP contribution is -2.40. The Morgan fingerprint density at radius 1 is 1.27 bits per heavy atom. The van der Waals surface area contributed by atoms with Crippen LogP contribution in [0.15, 0.2) is 24.3 Å². The molecule has 1 heterocycles. The first-order valence-corrected chi connectivity index (χ1v) is 6.61. The molecular formula is C14H14F3NO4. The Kier molecular flexibility index (Phi) is 4.58. The number of carbonyl (C=O) groups is 2. The van der Waals surface area contributed by atoms with E-state index in [9.17, 15) is 22.8 Å². The van der Waals surface area contributed by atoms with Crippen molar-refractivity contribution in [2.45, 2.75) is 25.1 Å². The highest BCUT2D eigenvalue weighted by Crippen LogP contribution is 2.22. The third-order valence-electron chi connectivity index (χ3n) is 3.30. The molecule has 1 aromatic carbocycles. The van der Waals surface area contributed by atoms with Crippen LogP contribution in [0.25, 0.3) is 0 Å². The third kappa shape index (κ3) is 3.90. The zero-order valence-corrected chi connectivity index (χ0v) is 11.5. The lowest BCUT2D eigenvalue weighted by Gasteiger charge is -2.21. The smallest absolute Gasteiger partial charge is 0.422 e. The van der Waals surface area contributed by atoms with E-state index in [1.807, 2.05) is 0 Å². The first-order chi connectivity index (χ1) is 10.3. The quantitative estimate of drug-likeness (QED) is 0.925. The third-order valence-corrected chi connectivity index (χ3v) is 3.30. The van der Waals surface area contributed by atoms with Gasteiger partial charge in [-0.05, 0) is 37.1 Å². The molecule has 1 aliphatic heterocycles. The predicted molar refractivity (Wildman–Crippen MR) is 69.7 cm³/mol. The van der Waals surface area contributed by atoms with E-state index in [0.29, 0.717) is 19.4 Å². The van der Waals surface area contributed by atoms with E-state index in [2.05, 4.69) is 4.74 Å². The van der Waals surface area contributed by atoms with Gasteiger partial charge in [0.1, 0.15) is 11.8 Å². The molecule has 1 atom stereocenters. The molecule has 0 aliphatic carbocycles. The molecule has 1 fully saturated rings. The molecule has 1 N–H and O–H groups in total. The number of benzene rings is 1. The summed E-state index contributed by atoms with van der Waals surface area (Å²) in [4.78, 5) is 24.6. The van der Waals surface area contributed by atoms with Gasteiger partial charge >= 0.3 is 12.1 Å². The molecule has 0 bridgehead atoms. The summed E-state index contributed by atoms with van der Waals surface area (Å²) in [5.74, 6) is -1.52. The minimum atomic E-state index is -4.43. The molecule has 1 aliphatic rings. The van der Waals surface area contributed by atoms with Crippen LogP contribution >= 0.6 is 0 Å². The Labute approximate surface area is 124 Å². The Hall–Kier alpha value is -2.25. The maximum atomic E-state index is 12.2. The van der Waals surface area contributed by atoms with E-state index in [4.69, 9.17) is 5.11 Å². The van der Waals surface area contributed by atoms with E-state index in [0.717, 1.165) is 0 Å². The largest absolute Gasteiger partial charge is 0.484 e. The molecular weight excluding hydrogens is 303 g/mol. The SMILES string of the molecule is O=C(O)[C@H]1CCCN1C(=O)c1ccc(OCC(F)(F)F)cc1. The summed E-state index contributed by atoms with van der Waals surface area (Å²) in [5.41, 5.74) is 0.215. The van der Waals surface area contributed by atoms with Crippen LogP contribution in [0, 0.1) is 0 Å². The van der Waals surface area contributed by atoms with Crippen LogP contribution in [0.5, 0.6) is 5.75 Å². The van der Waals surface area contributed by atoms with Crippen molar-refractivity contribution in [3.8, 4) is 5.75 Å². The van der Waals surface area contributed by atoms with Crippen LogP contribution in [0.4, 0.5) is 13.2 Å². The van der Waals surface area contributed by atoms with Crippen molar-refractivity contribution in [1.82, 2.24) is 4.90 Å². The lowest BCUT2D eigenvalue weighted by atomic mass is 10.1. The fraction of sp³-hybridized carbons (Fsp3) is 0.429. The summed E-state index contributed by atoms with van der Waals surface area (Å²) in [7, 11) is 0. The van der Waals surface area contributed by atoms with Crippen molar-refractivity contribution >= 4 is 11.9 Å². The van der Waals surface area contributed by atoms with Gasteiger partial charge < -0.3 is 14.7 Å². The van der Waals surface area contributed by atoms with E-state index >= 15 is 0 Å². The molecule has 0 radical (unpaired) electrons. The van der Waals surface area contributed by atoms with Crippen molar-refractivity contribution in [3.63, 3.8) is 0 Å². The monoisotopic (exact) mass is 317 g/mol. The normalized spacial score (nSPS) is 18.3. The van der Waals surface area contributed by atoms with Gasteiger partial charge in [-0.15, -0.1) is 0 Å². The number of halogens is 3. The first kappa shape index (κ1) is 16.1. The standard InChI is InChI=1S/C14H14F3NO4/c15-14(16,17)8-22-10-5-3-9(4-6-10)12(19)18-7-1-2-11(18)13(20)21/h3-6,11H,1-2,7-8H2,(H,20,21)/t11-/m1/s1. The van der Waals surface area contributed by atoms with Gasteiger partial charge in [0.05, 0.1) is 0 Å². The van der Waals surface area contributed by atoms with Gasteiger partial charge in [0, 0.05) is 12.1 Å². The number of carbonyl (C=O) groups excluding carboxylic acids is 1. The Morgan fingerprint density at radius 3 is 2.45 bits per heavy atom. The molecule has 0 aromatic heterocycles.